The van der Waals surface area contributed by atoms with Gasteiger partial charge in [-0.2, -0.15) is 0 Å². The number of fused-ring (bicyclic) bond motifs is 2. The fourth-order valence-corrected chi connectivity index (χ4v) is 3.55. The Morgan fingerprint density at radius 2 is 2.04 bits per heavy atom. The lowest BCUT2D eigenvalue weighted by Gasteiger charge is -2.06. The van der Waals surface area contributed by atoms with Gasteiger partial charge in [0.25, 0.3) is 5.91 Å². The van der Waals surface area contributed by atoms with E-state index in [1.165, 1.54) is 17.4 Å². The number of thiazole rings is 1. The van der Waals surface area contributed by atoms with Gasteiger partial charge in [0.15, 0.2) is 11.7 Å². The number of rotatable bonds is 4. The van der Waals surface area contributed by atoms with Crippen LogP contribution in [0.5, 0.6) is 5.75 Å². The average molecular weight is 387 g/mol. The SMILES string of the molecule is O=C(COc1ccc2ccc(=O)oc2c1)Nc1nc2ccc(Cl)cc2s1. The number of anilines is 1. The quantitative estimate of drug-likeness (QED) is 0.534. The number of aromatic nitrogens is 1. The van der Waals surface area contributed by atoms with Gasteiger partial charge in [0.05, 0.1) is 10.2 Å². The molecule has 0 atom stereocenters. The molecule has 0 saturated heterocycles. The molecule has 0 bridgehead atoms. The Labute approximate surface area is 156 Å². The van der Waals surface area contributed by atoms with Crippen molar-refractivity contribution in [3.63, 3.8) is 0 Å². The van der Waals surface area contributed by atoms with E-state index in [2.05, 4.69) is 10.3 Å². The molecule has 0 spiro atoms. The highest BCUT2D eigenvalue weighted by Crippen LogP contribution is 2.28. The maximum atomic E-state index is 12.1. The molecule has 0 fully saturated rings. The van der Waals surface area contributed by atoms with E-state index in [0.29, 0.717) is 21.5 Å². The van der Waals surface area contributed by atoms with Crippen LogP contribution in [0.1, 0.15) is 0 Å². The first-order chi connectivity index (χ1) is 12.6. The predicted molar refractivity (Wildman–Crippen MR) is 101 cm³/mol. The maximum absolute atomic E-state index is 12.1. The minimum absolute atomic E-state index is 0.195. The van der Waals surface area contributed by atoms with Crippen LogP contribution in [0.2, 0.25) is 5.02 Å². The Kier molecular flexibility index (Phi) is 4.32. The highest BCUT2D eigenvalue weighted by atomic mass is 35.5. The minimum atomic E-state index is -0.441. The Hall–Kier alpha value is -2.90. The largest absolute Gasteiger partial charge is 0.484 e. The van der Waals surface area contributed by atoms with Gasteiger partial charge >= 0.3 is 5.63 Å². The summed E-state index contributed by atoms with van der Waals surface area (Å²) >= 11 is 7.28. The van der Waals surface area contributed by atoms with Crippen LogP contribution >= 0.6 is 22.9 Å². The molecule has 1 amide bonds. The number of carbonyl (C=O) groups is 1. The second-order valence-corrected chi connectivity index (χ2v) is 6.89. The van der Waals surface area contributed by atoms with Crippen molar-refractivity contribution in [2.75, 3.05) is 11.9 Å². The van der Waals surface area contributed by atoms with Crippen molar-refractivity contribution in [3.8, 4) is 5.75 Å². The summed E-state index contributed by atoms with van der Waals surface area (Å²) in [6, 6.07) is 13.4. The lowest BCUT2D eigenvalue weighted by Crippen LogP contribution is -2.20. The molecular weight excluding hydrogens is 376 g/mol. The molecule has 130 valence electrons. The summed E-state index contributed by atoms with van der Waals surface area (Å²) in [7, 11) is 0. The van der Waals surface area contributed by atoms with E-state index in [-0.39, 0.29) is 12.5 Å². The number of carbonyl (C=O) groups excluding carboxylic acids is 1. The van der Waals surface area contributed by atoms with Crippen LogP contribution in [-0.4, -0.2) is 17.5 Å². The van der Waals surface area contributed by atoms with Gasteiger partial charge in [-0.05, 0) is 36.4 Å². The first-order valence-corrected chi connectivity index (χ1v) is 8.79. The van der Waals surface area contributed by atoms with Crippen LogP contribution in [0, 0.1) is 0 Å². The number of ether oxygens (including phenoxy) is 1. The third-order valence-electron chi connectivity index (χ3n) is 3.56. The number of nitrogens with one attached hydrogen (secondary N) is 1. The smallest absolute Gasteiger partial charge is 0.336 e. The van der Waals surface area contributed by atoms with Crippen molar-refractivity contribution in [1.82, 2.24) is 4.98 Å². The van der Waals surface area contributed by atoms with E-state index < -0.39 is 5.63 Å². The molecule has 0 aliphatic rings. The summed E-state index contributed by atoms with van der Waals surface area (Å²) in [5, 5.41) is 4.56. The van der Waals surface area contributed by atoms with Crippen LogP contribution in [0.25, 0.3) is 21.2 Å². The second kappa shape index (κ2) is 6.78. The third kappa shape index (κ3) is 3.54. The normalized spacial score (nSPS) is 11.0. The zero-order valence-electron chi connectivity index (χ0n) is 13.2. The lowest BCUT2D eigenvalue weighted by molar-refractivity contribution is -0.118. The molecule has 0 saturated carbocycles. The van der Waals surface area contributed by atoms with Crippen molar-refractivity contribution in [3.05, 3.63) is 64.0 Å². The summed E-state index contributed by atoms with van der Waals surface area (Å²) in [5.74, 6) is 0.0860. The summed E-state index contributed by atoms with van der Waals surface area (Å²) in [5.41, 5.74) is 0.724. The van der Waals surface area contributed by atoms with Crippen LogP contribution in [0.3, 0.4) is 0 Å². The van der Waals surface area contributed by atoms with E-state index >= 15 is 0 Å². The first kappa shape index (κ1) is 16.6. The van der Waals surface area contributed by atoms with E-state index in [0.717, 1.165) is 15.6 Å². The summed E-state index contributed by atoms with van der Waals surface area (Å²) < 4.78 is 11.4. The molecule has 6 nitrogen and oxygen atoms in total. The molecule has 0 aliphatic carbocycles. The van der Waals surface area contributed by atoms with Gasteiger partial charge in [-0.25, -0.2) is 9.78 Å². The standard InChI is InChI=1S/C18H11ClN2O4S/c19-11-3-5-13-15(7-11)26-18(20-13)21-16(22)9-24-12-4-1-10-2-6-17(23)25-14(10)8-12/h1-8H,9H2,(H,20,21,22). The number of amides is 1. The Morgan fingerprint density at radius 3 is 2.92 bits per heavy atom. The van der Waals surface area contributed by atoms with E-state index in [9.17, 15) is 9.59 Å². The fraction of sp³-hybridized carbons (Fsp3) is 0.0556. The maximum Gasteiger partial charge on any atom is 0.336 e. The van der Waals surface area contributed by atoms with Crippen LogP contribution in [0.4, 0.5) is 5.13 Å². The Morgan fingerprint density at radius 1 is 1.19 bits per heavy atom. The van der Waals surface area contributed by atoms with Gasteiger partial charge in [-0.1, -0.05) is 22.9 Å². The van der Waals surface area contributed by atoms with Gasteiger partial charge in [0, 0.05) is 22.5 Å². The second-order valence-electron chi connectivity index (χ2n) is 5.42. The number of benzene rings is 2. The van der Waals surface area contributed by atoms with Crippen molar-refractivity contribution in [2.24, 2.45) is 0 Å². The number of halogens is 1. The molecule has 4 rings (SSSR count). The van der Waals surface area contributed by atoms with Crippen LogP contribution in [0.15, 0.2) is 57.7 Å². The van der Waals surface area contributed by atoms with Crippen molar-refractivity contribution >= 4 is 55.2 Å². The van der Waals surface area contributed by atoms with Crippen LogP contribution < -0.4 is 15.7 Å². The topological polar surface area (TPSA) is 81.4 Å². The van der Waals surface area contributed by atoms with E-state index in [4.69, 9.17) is 20.8 Å². The van der Waals surface area contributed by atoms with Gasteiger partial charge < -0.3 is 9.15 Å². The Bertz CT molecular complexity index is 1180. The highest BCUT2D eigenvalue weighted by molar-refractivity contribution is 7.22. The monoisotopic (exact) mass is 386 g/mol. The van der Waals surface area contributed by atoms with Crippen molar-refractivity contribution in [1.29, 1.82) is 0 Å². The van der Waals surface area contributed by atoms with Gasteiger partial charge in [0.1, 0.15) is 11.3 Å². The summed E-state index contributed by atoms with van der Waals surface area (Å²) in [6.45, 7) is -0.195. The Balaban J connectivity index is 1.43. The van der Waals surface area contributed by atoms with Crippen molar-refractivity contribution in [2.45, 2.75) is 0 Å². The molecule has 8 heteroatoms. The highest BCUT2D eigenvalue weighted by Gasteiger charge is 2.09. The number of nitrogens with zero attached hydrogens (tertiary/aromatic N) is 1. The van der Waals surface area contributed by atoms with Crippen molar-refractivity contribution < 1.29 is 13.9 Å². The van der Waals surface area contributed by atoms with E-state index in [1.54, 1.807) is 42.5 Å². The fourth-order valence-electron chi connectivity index (χ4n) is 2.39. The average Bonchev–Trinajstić information content (AvgIpc) is 3.00. The molecule has 2 aromatic heterocycles. The first-order valence-electron chi connectivity index (χ1n) is 7.59. The van der Waals surface area contributed by atoms with Crippen LogP contribution in [-0.2, 0) is 4.79 Å². The van der Waals surface area contributed by atoms with Gasteiger partial charge in [-0.15, -0.1) is 0 Å². The number of hydrogen-bond donors (Lipinski definition) is 1. The molecule has 0 unspecified atom stereocenters. The van der Waals surface area contributed by atoms with Gasteiger partial charge in [-0.3, -0.25) is 10.1 Å². The molecule has 1 N–H and O–H groups in total. The molecule has 0 aliphatic heterocycles. The molecule has 26 heavy (non-hydrogen) atoms. The molecule has 4 aromatic rings. The van der Waals surface area contributed by atoms with Gasteiger partial charge in [0.2, 0.25) is 0 Å². The molecular formula is C18H11ClN2O4S. The third-order valence-corrected chi connectivity index (χ3v) is 4.73. The number of hydrogen-bond acceptors (Lipinski definition) is 6. The lowest BCUT2D eigenvalue weighted by atomic mass is 10.2. The predicted octanol–water partition coefficient (Wildman–Crippen LogP) is 4.07. The molecule has 0 radical (unpaired) electrons. The molecule has 2 heterocycles. The molecule has 2 aromatic carbocycles. The van der Waals surface area contributed by atoms with E-state index in [1.807, 2.05) is 0 Å². The summed E-state index contributed by atoms with van der Waals surface area (Å²) in [4.78, 5) is 27.7. The zero-order valence-corrected chi connectivity index (χ0v) is 14.8. The summed E-state index contributed by atoms with van der Waals surface area (Å²) in [6.07, 6.45) is 0. The minimum Gasteiger partial charge on any atom is -0.484 e. The zero-order chi connectivity index (χ0) is 18.1.